The van der Waals surface area contributed by atoms with Crippen LogP contribution < -0.4 is 5.43 Å². The van der Waals surface area contributed by atoms with E-state index in [9.17, 15) is 4.79 Å². The molecular formula is C6H12N2O2. The number of rotatable bonds is 2. The van der Waals surface area contributed by atoms with Crippen molar-refractivity contribution in [2.45, 2.75) is 6.42 Å². The molecule has 58 valence electrons. The van der Waals surface area contributed by atoms with Crippen LogP contribution in [0.2, 0.25) is 0 Å². The highest BCUT2D eigenvalue weighted by Gasteiger charge is 2.13. The summed E-state index contributed by atoms with van der Waals surface area (Å²) in [6, 6.07) is 0. The number of esters is 1. The van der Waals surface area contributed by atoms with Gasteiger partial charge in [-0.15, -0.1) is 0 Å². The van der Waals surface area contributed by atoms with Crippen LogP contribution in [0, 0.1) is 0 Å². The molecule has 1 N–H and O–H groups in total. The highest BCUT2D eigenvalue weighted by Crippen LogP contribution is 1.94. The van der Waals surface area contributed by atoms with Gasteiger partial charge in [0.1, 0.15) is 6.54 Å². The zero-order chi connectivity index (χ0) is 7.40. The maximum absolute atomic E-state index is 10.7. The molecule has 0 aliphatic carbocycles. The SMILES string of the molecule is COC(=O)CN1CCCN1. The van der Waals surface area contributed by atoms with Crippen molar-refractivity contribution in [1.29, 1.82) is 0 Å². The summed E-state index contributed by atoms with van der Waals surface area (Å²) in [6.45, 7) is 2.27. The number of nitrogens with one attached hydrogen (secondary N) is 1. The van der Waals surface area contributed by atoms with Crippen LogP contribution in [-0.2, 0) is 9.53 Å². The maximum Gasteiger partial charge on any atom is 0.321 e. The van der Waals surface area contributed by atoms with E-state index < -0.39 is 0 Å². The van der Waals surface area contributed by atoms with E-state index in [0.717, 1.165) is 19.5 Å². The summed E-state index contributed by atoms with van der Waals surface area (Å²) in [7, 11) is 1.40. The minimum absolute atomic E-state index is 0.186. The molecule has 0 saturated carbocycles. The number of hydrogen-bond donors (Lipinski definition) is 1. The van der Waals surface area contributed by atoms with Gasteiger partial charge in [-0.05, 0) is 6.42 Å². The van der Waals surface area contributed by atoms with Crippen LogP contribution in [0.3, 0.4) is 0 Å². The Labute approximate surface area is 60.1 Å². The van der Waals surface area contributed by atoms with Gasteiger partial charge in [0.05, 0.1) is 7.11 Å². The predicted molar refractivity (Wildman–Crippen MR) is 36.2 cm³/mol. The third kappa shape index (κ3) is 1.97. The fraction of sp³-hybridized carbons (Fsp3) is 0.833. The van der Waals surface area contributed by atoms with E-state index in [1.54, 1.807) is 0 Å². The van der Waals surface area contributed by atoms with Crippen molar-refractivity contribution >= 4 is 5.97 Å². The molecule has 1 rings (SSSR count). The summed E-state index contributed by atoms with van der Waals surface area (Å²) in [5.74, 6) is -0.186. The molecule has 0 bridgehead atoms. The molecule has 1 aliphatic heterocycles. The lowest BCUT2D eigenvalue weighted by Crippen LogP contribution is -2.35. The van der Waals surface area contributed by atoms with Gasteiger partial charge >= 0.3 is 5.97 Å². The highest BCUT2D eigenvalue weighted by molar-refractivity contribution is 5.71. The van der Waals surface area contributed by atoms with Crippen molar-refractivity contribution in [3.63, 3.8) is 0 Å². The molecule has 0 unspecified atom stereocenters. The summed E-state index contributed by atoms with van der Waals surface area (Å²) < 4.78 is 4.49. The van der Waals surface area contributed by atoms with Gasteiger partial charge in [-0.2, -0.15) is 0 Å². The summed E-state index contributed by atoms with van der Waals surface area (Å²) in [6.07, 6.45) is 1.11. The lowest BCUT2D eigenvalue weighted by atomic mass is 10.5. The van der Waals surface area contributed by atoms with Gasteiger partial charge in [0.2, 0.25) is 0 Å². The van der Waals surface area contributed by atoms with Crippen molar-refractivity contribution in [2.75, 3.05) is 26.7 Å². The third-order valence-corrected chi connectivity index (χ3v) is 1.49. The first-order valence-electron chi connectivity index (χ1n) is 3.38. The Balaban J connectivity index is 2.17. The van der Waals surface area contributed by atoms with Gasteiger partial charge in [-0.25, -0.2) is 5.01 Å². The first-order valence-corrected chi connectivity index (χ1v) is 3.38. The Morgan fingerprint density at radius 2 is 2.60 bits per heavy atom. The van der Waals surface area contributed by atoms with Gasteiger partial charge in [0.25, 0.3) is 0 Å². The van der Waals surface area contributed by atoms with Crippen molar-refractivity contribution in [3.05, 3.63) is 0 Å². The molecule has 10 heavy (non-hydrogen) atoms. The van der Waals surface area contributed by atoms with Gasteiger partial charge in [0, 0.05) is 13.1 Å². The van der Waals surface area contributed by atoms with Crippen LogP contribution in [0.15, 0.2) is 0 Å². The molecule has 0 aromatic carbocycles. The normalized spacial score (nSPS) is 19.3. The number of hydrogen-bond acceptors (Lipinski definition) is 4. The number of carbonyl (C=O) groups is 1. The smallest absolute Gasteiger partial charge is 0.321 e. The van der Waals surface area contributed by atoms with E-state index in [1.807, 2.05) is 5.01 Å². The van der Waals surface area contributed by atoms with Crippen LogP contribution in [-0.4, -0.2) is 37.7 Å². The van der Waals surface area contributed by atoms with Gasteiger partial charge < -0.3 is 4.74 Å². The van der Waals surface area contributed by atoms with Crippen LogP contribution in [0.4, 0.5) is 0 Å². The predicted octanol–water partition coefficient (Wildman–Crippen LogP) is -0.630. The maximum atomic E-state index is 10.7. The van der Waals surface area contributed by atoms with E-state index in [2.05, 4.69) is 10.2 Å². The zero-order valence-corrected chi connectivity index (χ0v) is 6.09. The lowest BCUT2D eigenvalue weighted by Gasteiger charge is -2.12. The highest BCUT2D eigenvalue weighted by atomic mass is 16.5. The Kier molecular flexibility index (Phi) is 2.65. The molecular weight excluding hydrogens is 132 g/mol. The van der Waals surface area contributed by atoms with Crippen molar-refractivity contribution < 1.29 is 9.53 Å². The van der Waals surface area contributed by atoms with E-state index in [-0.39, 0.29) is 5.97 Å². The Hall–Kier alpha value is -0.610. The first-order chi connectivity index (χ1) is 4.83. The molecule has 1 aliphatic rings. The van der Waals surface area contributed by atoms with Crippen LogP contribution in [0.5, 0.6) is 0 Å². The third-order valence-electron chi connectivity index (χ3n) is 1.49. The van der Waals surface area contributed by atoms with E-state index in [4.69, 9.17) is 0 Å². The average Bonchev–Trinajstić information content (AvgIpc) is 2.40. The zero-order valence-electron chi connectivity index (χ0n) is 6.09. The molecule has 1 fully saturated rings. The second-order valence-electron chi connectivity index (χ2n) is 2.26. The van der Waals surface area contributed by atoms with Gasteiger partial charge in [0.15, 0.2) is 0 Å². The van der Waals surface area contributed by atoms with Gasteiger partial charge in [-0.3, -0.25) is 10.2 Å². The lowest BCUT2D eigenvalue weighted by molar-refractivity contribution is -0.142. The summed E-state index contributed by atoms with van der Waals surface area (Å²) in [5, 5.41) is 1.87. The number of ether oxygens (including phenoxy) is 1. The quantitative estimate of drug-likeness (QED) is 0.524. The topological polar surface area (TPSA) is 41.6 Å². The second kappa shape index (κ2) is 3.53. The molecule has 1 saturated heterocycles. The van der Waals surface area contributed by atoms with Crippen LogP contribution in [0.25, 0.3) is 0 Å². The molecule has 0 radical (unpaired) electrons. The Morgan fingerprint density at radius 3 is 3.10 bits per heavy atom. The summed E-state index contributed by atoms with van der Waals surface area (Å²) >= 11 is 0. The minimum Gasteiger partial charge on any atom is -0.468 e. The van der Waals surface area contributed by atoms with Crippen molar-refractivity contribution in [3.8, 4) is 0 Å². The summed E-state index contributed by atoms with van der Waals surface area (Å²) in [5.41, 5.74) is 3.05. The Morgan fingerprint density at radius 1 is 1.80 bits per heavy atom. The van der Waals surface area contributed by atoms with E-state index in [0.29, 0.717) is 6.54 Å². The van der Waals surface area contributed by atoms with Crippen LogP contribution >= 0.6 is 0 Å². The van der Waals surface area contributed by atoms with E-state index >= 15 is 0 Å². The molecule has 4 nitrogen and oxygen atoms in total. The number of hydrazine groups is 1. The van der Waals surface area contributed by atoms with E-state index in [1.165, 1.54) is 7.11 Å². The number of methoxy groups -OCH3 is 1. The molecule has 0 spiro atoms. The molecule has 0 amide bonds. The first kappa shape index (κ1) is 7.50. The molecule has 0 aromatic rings. The molecule has 0 atom stereocenters. The summed E-state index contributed by atoms with van der Waals surface area (Å²) in [4.78, 5) is 10.7. The molecule has 4 heteroatoms. The standard InChI is InChI=1S/C6H12N2O2/c1-10-6(9)5-8-4-2-3-7-8/h7H,2-5H2,1H3. The number of nitrogens with zero attached hydrogens (tertiary/aromatic N) is 1. The fourth-order valence-electron chi connectivity index (χ4n) is 0.941. The van der Waals surface area contributed by atoms with Gasteiger partial charge in [-0.1, -0.05) is 0 Å². The van der Waals surface area contributed by atoms with Crippen molar-refractivity contribution in [1.82, 2.24) is 10.4 Å². The monoisotopic (exact) mass is 144 g/mol. The minimum atomic E-state index is -0.186. The second-order valence-corrected chi connectivity index (χ2v) is 2.26. The molecule has 1 heterocycles. The largest absolute Gasteiger partial charge is 0.468 e. The number of carbonyl (C=O) groups excluding carboxylic acids is 1. The fourth-order valence-corrected chi connectivity index (χ4v) is 0.941. The average molecular weight is 144 g/mol. The molecule has 0 aromatic heterocycles. The Bertz CT molecular complexity index is 121. The van der Waals surface area contributed by atoms with Crippen molar-refractivity contribution in [2.24, 2.45) is 0 Å². The van der Waals surface area contributed by atoms with Crippen LogP contribution in [0.1, 0.15) is 6.42 Å².